The van der Waals surface area contributed by atoms with Gasteiger partial charge in [-0.2, -0.15) is 0 Å². The van der Waals surface area contributed by atoms with Crippen molar-refractivity contribution in [2.45, 2.75) is 50.2 Å². The maximum Gasteiger partial charge on any atom is 0.119 e. The summed E-state index contributed by atoms with van der Waals surface area (Å²) in [5, 5.41) is 11.6. The smallest absolute Gasteiger partial charge is 0.119 e. The second-order valence-corrected chi connectivity index (χ2v) is 9.16. The van der Waals surface area contributed by atoms with Crippen LogP contribution in [-0.4, -0.2) is 60.3 Å². The number of hydrogen-bond acceptors (Lipinski definition) is 4. The van der Waals surface area contributed by atoms with Crippen LogP contribution in [0.15, 0.2) is 54.6 Å². The van der Waals surface area contributed by atoms with Crippen molar-refractivity contribution in [3.8, 4) is 5.75 Å². The Labute approximate surface area is 181 Å². The van der Waals surface area contributed by atoms with E-state index in [1.165, 1.54) is 17.5 Å². The van der Waals surface area contributed by atoms with Crippen LogP contribution in [0.1, 0.15) is 49.1 Å². The standard InChI is InChI=1S/C26H36N2O2/c1-27-16-18-28(19-17-27)20-25(26(29)14-6-3-7-15-26)23-10-12-24(13-11-23)30-21-22-8-4-2-5-9-22/h2,4-5,8-13,25,29H,3,6-7,14-21H2,1H3/t25-/m1/s1. The molecule has 1 atom stereocenters. The van der Waals surface area contributed by atoms with E-state index >= 15 is 0 Å². The van der Waals surface area contributed by atoms with Crippen LogP contribution in [0.2, 0.25) is 0 Å². The number of aliphatic hydroxyl groups is 1. The first-order valence-corrected chi connectivity index (χ1v) is 11.5. The molecule has 4 nitrogen and oxygen atoms in total. The topological polar surface area (TPSA) is 35.9 Å². The number of benzene rings is 2. The number of likely N-dealkylation sites (N-methyl/N-ethyl adjacent to an activating group) is 1. The Morgan fingerprint density at radius 2 is 1.57 bits per heavy atom. The Kier molecular flexibility index (Phi) is 7.08. The largest absolute Gasteiger partial charge is 0.489 e. The van der Waals surface area contributed by atoms with E-state index in [-0.39, 0.29) is 5.92 Å². The lowest BCUT2D eigenvalue weighted by atomic mass is 9.72. The molecular formula is C26H36N2O2. The highest BCUT2D eigenvalue weighted by Crippen LogP contribution is 2.41. The minimum Gasteiger partial charge on any atom is -0.489 e. The maximum atomic E-state index is 11.6. The lowest BCUT2D eigenvalue weighted by Gasteiger charge is -2.43. The van der Waals surface area contributed by atoms with Crippen LogP contribution in [0.25, 0.3) is 0 Å². The molecule has 2 aromatic rings. The van der Waals surface area contributed by atoms with Gasteiger partial charge in [-0.25, -0.2) is 0 Å². The van der Waals surface area contributed by atoms with Crippen LogP contribution >= 0.6 is 0 Å². The summed E-state index contributed by atoms with van der Waals surface area (Å²) in [6.07, 6.45) is 5.34. The number of ether oxygens (including phenoxy) is 1. The van der Waals surface area contributed by atoms with Crippen molar-refractivity contribution in [1.82, 2.24) is 9.80 Å². The zero-order valence-corrected chi connectivity index (χ0v) is 18.3. The second-order valence-electron chi connectivity index (χ2n) is 9.16. The lowest BCUT2D eigenvalue weighted by Crippen LogP contribution is -2.50. The predicted octanol–water partition coefficient (Wildman–Crippen LogP) is 4.29. The number of hydrogen-bond donors (Lipinski definition) is 1. The van der Waals surface area contributed by atoms with Crippen molar-refractivity contribution in [1.29, 1.82) is 0 Å². The maximum absolute atomic E-state index is 11.6. The molecule has 4 rings (SSSR count). The summed E-state index contributed by atoms with van der Waals surface area (Å²) in [6, 6.07) is 18.8. The minimum atomic E-state index is -0.589. The quantitative estimate of drug-likeness (QED) is 0.741. The van der Waals surface area contributed by atoms with Gasteiger partial charge in [-0.15, -0.1) is 0 Å². The molecule has 4 heteroatoms. The van der Waals surface area contributed by atoms with Gasteiger partial charge < -0.3 is 19.6 Å². The fraction of sp³-hybridized carbons (Fsp3) is 0.538. The van der Waals surface area contributed by atoms with Gasteiger partial charge in [0.1, 0.15) is 12.4 Å². The van der Waals surface area contributed by atoms with E-state index in [1.54, 1.807) is 0 Å². The van der Waals surface area contributed by atoms with Crippen LogP contribution < -0.4 is 4.74 Å². The molecule has 2 aliphatic rings. The average Bonchev–Trinajstić information content (AvgIpc) is 2.79. The van der Waals surface area contributed by atoms with Crippen molar-refractivity contribution in [2.75, 3.05) is 39.8 Å². The Hall–Kier alpha value is -1.88. The Morgan fingerprint density at radius 3 is 2.23 bits per heavy atom. The summed E-state index contributed by atoms with van der Waals surface area (Å²) in [7, 11) is 2.19. The predicted molar refractivity (Wildman–Crippen MR) is 122 cm³/mol. The molecule has 2 fully saturated rings. The summed E-state index contributed by atoms with van der Waals surface area (Å²) in [4.78, 5) is 4.93. The van der Waals surface area contributed by atoms with Gasteiger partial charge in [0.25, 0.3) is 0 Å². The molecule has 0 amide bonds. The molecule has 1 saturated carbocycles. The normalized spacial score (nSPS) is 21.3. The zero-order valence-electron chi connectivity index (χ0n) is 18.3. The first kappa shape index (κ1) is 21.4. The van der Waals surface area contributed by atoms with Crippen LogP contribution in [0.3, 0.4) is 0 Å². The Bertz CT molecular complexity index is 763. The SMILES string of the molecule is CN1CCN(C[C@H](c2ccc(OCc3ccccc3)cc2)C2(O)CCCCC2)CC1. The molecule has 1 heterocycles. The van der Waals surface area contributed by atoms with E-state index in [2.05, 4.69) is 53.2 Å². The van der Waals surface area contributed by atoms with Gasteiger partial charge in [-0.1, -0.05) is 61.7 Å². The van der Waals surface area contributed by atoms with Crippen LogP contribution in [-0.2, 0) is 6.61 Å². The Balaban J connectivity index is 1.46. The summed E-state index contributed by atoms with van der Waals surface area (Å²) >= 11 is 0. The van der Waals surface area contributed by atoms with Gasteiger partial charge in [-0.3, -0.25) is 0 Å². The number of piperazine rings is 1. The van der Waals surface area contributed by atoms with Crippen LogP contribution in [0, 0.1) is 0 Å². The van der Waals surface area contributed by atoms with Crippen molar-refractivity contribution < 1.29 is 9.84 Å². The Morgan fingerprint density at radius 1 is 0.900 bits per heavy atom. The zero-order chi connectivity index (χ0) is 20.8. The third kappa shape index (κ3) is 5.42. The molecule has 1 N–H and O–H groups in total. The highest BCUT2D eigenvalue weighted by molar-refractivity contribution is 5.32. The van der Waals surface area contributed by atoms with Gasteiger partial charge in [0.15, 0.2) is 0 Å². The first-order valence-electron chi connectivity index (χ1n) is 11.5. The van der Waals surface area contributed by atoms with Gasteiger partial charge in [0.2, 0.25) is 0 Å². The van der Waals surface area contributed by atoms with E-state index < -0.39 is 5.60 Å². The summed E-state index contributed by atoms with van der Waals surface area (Å²) < 4.78 is 5.98. The van der Waals surface area contributed by atoms with Gasteiger partial charge >= 0.3 is 0 Å². The van der Waals surface area contributed by atoms with Gasteiger partial charge in [0, 0.05) is 38.6 Å². The molecule has 0 radical (unpaired) electrons. The molecule has 0 unspecified atom stereocenters. The minimum absolute atomic E-state index is 0.157. The summed E-state index contributed by atoms with van der Waals surface area (Å²) in [5.74, 6) is 1.04. The summed E-state index contributed by atoms with van der Waals surface area (Å²) in [6.45, 7) is 5.90. The van der Waals surface area contributed by atoms with Crippen LogP contribution in [0.5, 0.6) is 5.75 Å². The third-order valence-corrected chi connectivity index (χ3v) is 6.94. The van der Waals surface area contributed by atoms with E-state index in [1.807, 2.05) is 18.2 Å². The highest BCUT2D eigenvalue weighted by atomic mass is 16.5. The van der Waals surface area contributed by atoms with Crippen molar-refractivity contribution in [2.24, 2.45) is 0 Å². The monoisotopic (exact) mass is 408 g/mol. The fourth-order valence-corrected chi connectivity index (χ4v) is 4.92. The molecule has 0 aromatic heterocycles. The van der Waals surface area contributed by atoms with Crippen molar-refractivity contribution in [3.05, 3.63) is 65.7 Å². The van der Waals surface area contributed by atoms with Gasteiger partial charge in [0.05, 0.1) is 5.60 Å². The molecular weight excluding hydrogens is 372 g/mol. The third-order valence-electron chi connectivity index (χ3n) is 6.94. The molecule has 0 bridgehead atoms. The van der Waals surface area contributed by atoms with Crippen molar-refractivity contribution >= 4 is 0 Å². The average molecular weight is 409 g/mol. The summed E-state index contributed by atoms with van der Waals surface area (Å²) in [5.41, 5.74) is 1.82. The molecule has 0 spiro atoms. The van der Waals surface area contributed by atoms with Crippen molar-refractivity contribution in [3.63, 3.8) is 0 Å². The highest BCUT2D eigenvalue weighted by Gasteiger charge is 2.39. The van der Waals surface area contributed by atoms with Crippen LogP contribution in [0.4, 0.5) is 0 Å². The molecule has 1 saturated heterocycles. The van der Waals surface area contributed by atoms with E-state index in [4.69, 9.17) is 4.74 Å². The van der Waals surface area contributed by atoms with E-state index in [9.17, 15) is 5.11 Å². The van der Waals surface area contributed by atoms with Gasteiger partial charge in [-0.05, 0) is 43.1 Å². The van der Waals surface area contributed by atoms with E-state index in [0.717, 1.165) is 64.2 Å². The lowest BCUT2D eigenvalue weighted by molar-refractivity contribution is -0.0337. The number of rotatable bonds is 7. The second kappa shape index (κ2) is 9.95. The van der Waals surface area contributed by atoms with E-state index in [0.29, 0.717) is 6.61 Å². The molecule has 162 valence electrons. The molecule has 2 aromatic carbocycles. The first-order chi connectivity index (χ1) is 14.6. The number of nitrogens with zero attached hydrogens (tertiary/aromatic N) is 2. The fourth-order valence-electron chi connectivity index (χ4n) is 4.92. The molecule has 1 aliphatic heterocycles. The molecule has 1 aliphatic carbocycles. The molecule has 30 heavy (non-hydrogen) atoms.